The van der Waals surface area contributed by atoms with Gasteiger partial charge < -0.3 is 15.0 Å². The van der Waals surface area contributed by atoms with E-state index < -0.39 is 18.5 Å². The summed E-state index contributed by atoms with van der Waals surface area (Å²) in [6.07, 6.45) is 1.38. The van der Waals surface area contributed by atoms with Gasteiger partial charge in [0.05, 0.1) is 15.7 Å². The van der Waals surface area contributed by atoms with E-state index in [0.717, 1.165) is 0 Å². The number of aromatic nitrogens is 1. The maximum absolute atomic E-state index is 11.8. The van der Waals surface area contributed by atoms with Crippen LogP contribution in [0.5, 0.6) is 0 Å². The summed E-state index contributed by atoms with van der Waals surface area (Å²) >= 11 is 17.7. The quantitative estimate of drug-likeness (QED) is 0.598. The van der Waals surface area contributed by atoms with Crippen LogP contribution in [0.3, 0.4) is 0 Å². The molecular weight excluding hydrogens is 379 g/mol. The molecule has 1 aromatic carbocycles. The monoisotopic (exact) mass is 388 g/mol. The number of carbonyl (C=O) groups excluding carboxylic acids is 3. The Kier molecular flexibility index (Phi) is 5.88. The molecule has 2 rings (SSSR count). The summed E-state index contributed by atoms with van der Waals surface area (Å²) in [6.45, 7) is 0.813. The number of rotatable bonds is 5. The molecule has 1 amide bonds. The van der Waals surface area contributed by atoms with Crippen molar-refractivity contribution in [1.29, 1.82) is 0 Å². The number of hydrogen-bond acceptors (Lipinski definition) is 4. The molecule has 1 heterocycles. The van der Waals surface area contributed by atoms with Crippen molar-refractivity contribution in [3.05, 3.63) is 50.7 Å². The van der Waals surface area contributed by atoms with Crippen LogP contribution in [0.1, 0.15) is 27.8 Å². The Hall–Kier alpha value is -2.02. The number of esters is 1. The van der Waals surface area contributed by atoms with Crippen LogP contribution in [0.2, 0.25) is 15.1 Å². The Balaban J connectivity index is 1.95. The topological polar surface area (TPSA) is 88.3 Å². The van der Waals surface area contributed by atoms with Crippen molar-refractivity contribution in [2.24, 2.45) is 0 Å². The van der Waals surface area contributed by atoms with E-state index in [1.54, 1.807) is 0 Å². The molecule has 0 unspecified atom stereocenters. The lowest BCUT2D eigenvalue weighted by Gasteiger charge is -2.10. The van der Waals surface area contributed by atoms with E-state index in [4.69, 9.17) is 39.5 Å². The number of aromatic amines is 1. The summed E-state index contributed by atoms with van der Waals surface area (Å²) < 4.78 is 4.85. The van der Waals surface area contributed by atoms with E-state index in [9.17, 15) is 14.4 Å². The van der Waals surface area contributed by atoms with Gasteiger partial charge in [-0.1, -0.05) is 34.8 Å². The average Bonchev–Trinajstić information content (AvgIpc) is 2.98. The molecule has 2 N–H and O–H groups in total. The predicted molar refractivity (Wildman–Crippen MR) is 91.2 cm³/mol. The van der Waals surface area contributed by atoms with E-state index in [1.165, 1.54) is 31.3 Å². The van der Waals surface area contributed by atoms with E-state index in [1.807, 2.05) is 0 Å². The number of anilines is 1. The van der Waals surface area contributed by atoms with E-state index in [2.05, 4.69) is 10.3 Å². The average molecular weight is 390 g/mol. The molecule has 1 aromatic heterocycles. The number of H-pyrrole nitrogens is 1. The molecule has 0 bridgehead atoms. The van der Waals surface area contributed by atoms with Crippen LogP contribution in [0.15, 0.2) is 24.4 Å². The fourth-order valence-electron chi connectivity index (χ4n) is 1.76. The van der Waals surface area contributed by atoms with Gasteiger partial charge in [0.1, 0.15) is 5.69 Å². The first kappa shape index (κ1) is 18.3. The lowest BCUT2D eigenvalue weighted by molar-refractivity contribution is -0.119. The van der Waals surface area contributed by atoms with Gasteiger partial charge in [-0.05, 0) is 25.1 Å². The Morgan fingerprint density at radius 3 is 2.29 bits per heavy atom. The van der Waals surface area contributed by atoms with Gasteiger partial charge in [-0.3, -0.25) is 9.59 Å². The van der Waals surface area contributed by atoms with Crippen LogP contribution >= 0.6 is 34.8 Å². The van der Waals surface area contributed by atoms with Gasteiger partial charge in [-0.2, -0.15) is 0 Å². The number of Topliss-reactive ketones (excluding diaryl/α,β-unsaturated/α-hetero) is 1. The highest BCUT2D eigenvalue weighted by Gasteiger charge is 2.16. The van der Waals surface area contributed by atoms with E-state index >= 15 is 0 Å². The molecule has 0 saturated carbocycles. The van der Waals surface area contributed by atoms with Crippen LogP contribution in [0, 0.1) is 0 Å². The second kappa shape index (κ2) is 7.70. The zero-order valence-electron chi connectivity index (χ0n) is 12.3. The van der Waals surface area contributed by atoms with Crippen molar-refractivity contribution >= 4 is 58.1 Å². The second-order valence-electron chi connectivity index (χ2n) is 4.73. The molecule has 0 saturated heterocycles. The Morgan fingerprint density at radius 2 is 1.75 bits per heavy atom. The van der Waals surface area contributed by atoms with Gasteiger partial charge in [-0.25, -0.2) is 4.79 Å². The Labute approximate surface area is 152 Å². The van der Waals surface area contributed by atoms with Gasteiger partial charge in [0.2, 0.25) is 0 Å². The van der Waals surface area contributed by atoms with Gasteiger partial charge in [0.25, 0.3) is 5.91 Å². The SMILES string of the molecule is CC(=O)c1c[nH]c(C(=O)OCC(=O)Nc2c(Cl)cc(Cl)cc2Cl)c1. The van der Waals surface area contributed by atoms with Crippen molar-refractivity contribution in [2.75, 3.05) is 11.9 Å². The zero-order valence-corrected chi connectivity index (χ0v) is 14.6. The van der Waals surface area contributed by atoms with Gasteiger partial charge in [0, 0.05) is 16.8 Å². The number of halogens is 3. The summed E-state index contributed by atoms with van der Waals surface area (Å²) in [7, 11) is 0. The van der Waals surface area contributed by atoms with E-state index in [0.29, 0.717) is 10.6 Å². The number of ketones is 1. The molecule has 24 heavy (non-hydrogen) atoms. The smallest absolute Gasteiger partial charge is 0.355 e. The third kappa shape index (κ3) is 4.50. The number of amides is 1. The minimum atomic E-state index is -0.772. The first-order valence-corrected chi connectivity index (χ1v) is 7.72. The van der Waals surface area contributed by atoms with Crippen LogP contribution < -0.4 is 5.32 Å². The predicted octanol–water partition coefficient (Wildman–Crippen LogP) is 3.97. The van der Waals surface area contributed by atoms with Gasteiger partial charge in [0.15, 0.2) is 12.4 Å². The van der Waals surface area contributed by atoms with Crippen LogP contribution in [-0.2, 0) is 9.53 Å². The molecule has 2 aromatic rings. The van der Waals surface area contributed by atoms with Crippen molar-refractivity contribution in [1.82, 2.24) is 4.98 Å². The highest BCUT2D eigenvalue weighted by molar-refractivity contribution is 6.42. The standard InChI is InChI=1S/C15H11Cl3N2O4/c1-7(21)8-2-12(19-5-8)15(23)24-6-13(22)20-14-10(17)3-9(16)4-11(14)18/h2-5,19H,6H2,1H3,(H,20,22). The summed E-state index contributed by atoms with van der Waals surface area (Å²) in [4.78, 5) is 37.4. The van der Waals surface area contributed by atoms with Crippen LogP contribution in [0.25, 0.3) is 0 Å². The molecule has 0 radical (unpaired) electrons. The molecule has 6 nitrogen and oxygen atoms in total. The summed E-state index contributed by atoms with van der Waals surface area (Å²) in [5.74, 6) is -1.60. The van der Waals surface area contributed by atoms with Crippen molar-refractivity contribution in [3.8, 4) is 0 Å². The number of hydrogen-bond donors (Lipinski definition) is 2. The maximum atomic E-state index is 11.8. The van der Waals surface area contributed by atoms with Crippen LogP contribution in [-0.4, -0.2) is 29.3 Å². The molecule has 0 aliphatic heterocycles. The zero-order chi connectivity index (χ0) is 17.9. The highest BCUT2D eigenvalue weighted by atomic mass is 35.5. The molecule has 0 aliphatic carbocycles. The minimum Gasteiger partial charge on any atom is -0.451 e. The third-order valence-corrected chi connectivity index (χ3v) is 3.73. The molecule has 0 fully saturated rings. The second-order valence-corrected chi connectivity index (χ2v) is 5.98. The normalized spacial score (nSPS) is 10.3. The minimum absolute atomic E-state index is 0.0653. The molecule has 0 atom stereocenters. The van der Waals surface area contributed by atoms with Crippen molar-refractivity contribution < 1.29 is 19.1 Å². The number of ether oxygens (including phenoxy) is 1. The van der Waals surface area contributed by atoms with Gasteiger partial charge in [-0.15, -0.1) is 0 Å². The largest absolute Gasteiger partial charge is 0.451 e. The summed E-state index contributed by atoms with van der Waals surface area (Å²) in [6, 6.07) is 4.17. The number of nitrogens with one attached hydrogen (secondary N) is 2. The fourth-order valence-corrected chi connectivity index (χ4v) is 2.67. The maximum Gasteiger partial charge on any atom is 0.355 e. The van der Waals surface area contributed by atoms with Crippen LogP contribution in [0.4, 0.5) is 5.69 Å². The van der Waals surface area contributed by atoms with Crippen molar-refractivity contribution in [3.63, 3.8) is 0 Å². The lowest BCUT2D eigenvalue weighted by atomic mass is 10.2. The Bertz CT molecular complexity index is 794. The molecule has 0 aliphatic rings. The van der Waals surface area contributed by atoms with E-state index in [-0.39, 0.29) is 27.2 Å². The van der Waals surface area contributed by atoms with Gasteiger partial charge >= 0.3 is 5.97 Å². The summed E-state index contributed by atoms with van der Waals surface area (Å²) in [5.41, 5.74) is 0.573. The Morgan fingerprint density at radius 1 is 1.12 bits per heavy atom. The number of carbonyl (C=O) groups is 3. The highest BCUT2D eigenvalue weighted by Crippen LogP contribution is 2.33. The third-order valence-electron chi connectivity index (χ3n) is 2.92. The first-order chi connectivity index (χ1) is 11.3. The molecule has 126 valence electrons. The molecular formula is C15H11Cl3N2O4. The number of benzene rings is 1. The molecule has 0 spiro atoms. The lowest BCUT2D eigenvalue weighted by Crippen LogP contribution is -2.21. The molecule has 9 heteroatoms. The summed E-state index contributed by atoms with van der Waals surface area (Å²) in [5, 5.41) is 3.07. The van der Waals surface area contributed by atoms with Crippen molar-refractivity contribution in [2.45, 2.75) is 6.92 Å². The first-order valence-electron chi connectivity index (χ1n) is 6.59. The fraction of sp³-hybridized carbons (Fsp3) is 0.133.